The maximum atomic E-state index is 14.1. The molecule has 2 bridgehead atoms. The van der Waals surface area contributed by atoms with E-state index in [0.29, 0.717) is 24.8 Å². The predicted octanol–water partition coefficient (Wildman–Crippen LogP) is 7.51. The number of ether oxygens (including phenoxy) is 1. The lowest BCUT2D eigenvalue weighted by atomic mass is 9.58. The van der Waals surface area contributed by atoms with Crippen LogP contribution in [-0.2, 0) is 4.74 Å². The van der Waals surface area contributed by atoms with Gasteiger partial charge in [0, 0.05) is 19.3 Å². The van der Waals surface area contributed by atoms with E-state index in [2.05, 4.69) is 61.5 Å². The first-order chi connectivity index (χ1) is 17.8. The van der Waals surface area contributed by atoms with Crippen LogP contribution in [0.15, 0.2) is 65.8 Å². The predicted molar refractivity (Wildman–Crippen MR) is 145 cm³/mol. The maximum Gasteiger partial charge on any atom is 0.154 e. The second-order valence-electron chi connectivity index (χ2n) is 13.5. The van der Waals surface area contributed by atoms with Gasteiger partial charge in [-0.3, -0.25) is 0 Å². The molecule has 0 aromatic heterocycles. The topological polar surface area (TPSA) is 32.3 Å². The first-order valence-electron chi connectivity index (χ1n) is 14.7. The monoisotopic (exact) mass is 499 g/mol. The average Bonchev–Trinajstić information content (AvgIpc) is 3.55. The molecule has 2 saturated heterocycles. The highest BCUT2D eigenvalue weighted by Gasteiger charge is 2.67. The lowest BCUT2D eigenvalue weighted by molar-refractivity contribution is -0.896. The Balaban J connectivity index is 1.14. The number of likely N-dealkylation sites (tertiary alicyclic amines) is 1. The molecule has 37 heavy (non-hydrogen) atoms. The third kappa shape index (κ3) is 3.04. The van der Waals surface area contributed by atoms with Gasteiger partial charge in [-0.25, -0.2) is 4.39 Å². The maximum absolute atomic E-state index is 14.1. The number of quaternary nitrogens is 1. The quantitative estimate of drug-likeness (QED) is 0.316. The van der Waals surface area contributed by atoms with Crippen LogP contribution in [0.3, 0.4) is 0 Å². The van der Waals surface area contributed by atoms with Gasteiger partial charge in [-0.15, -0.1) is 0 Å². The summed E-state index contributed by atoms with van der Waals surface area (Å²) >= 11 is 0. The molecule has 4 fully saturated rings. The third-order valence-electron chi connectivity index (χ3n) is 11.8. The van der Waals surface area contributed by atoms with Crippen LogP contribution in [0.25, 0.3) is 10.8 Å². The van der Waals surface area contributed by atoms with E-state index in [1.807, 2.05) is 0 Å². The first kappa shape index (κ1) is 22.9. The molecule has 0 amide bonds. The van der Waals surface area contributed by atoms with Crippen molar-refractivity contribution in [3.63, 3.8) is 0 Å². The van der Waals surface area contributed by atoms with Crippen LogP contribution < -0.4 is 0 Å². The zero-order valence-electron chi connectivity index (χ0n) is 21.9. The van der Waals surface area contributed by atoms with Gasteiger partial charge >= 0.3 is 0 Å². The van der Waals surface area contributed by atoms with Crippen molar-refractivity contribution in [2.75, 3.05) is 13.1 Å². The molecule has 3 aliphatic carbocycles. The van der Waals surface area contributed by atoms with E-state index in [-0.39, 0.29) is 33.9 Å². The molecule has 2 saturated carbocycles. The van der Waals surface area contributed by atoms with Crippen LogP contribution in [0.4, 0.5) is 4.39 Å². The summed E-state index contributed by atoms with van der Waals surface area (Å²) in [6, 6.07) is 15.8. The van der Waals surface area contributed by atoms with Crippen molar-refractivity contribution in [1.29, 1.82) is 0 Å². The summed E-state index contributed by atoms with van der Waals surface area (Å²) in [6.07, 6.45) is 12.6. The Morgan fingerprint density at radius 1 is 1.03 bits per heavy atom. The van der Waals surface area contributed by atoms with Crippen molar-refractivity contribution >= 4 is 10.8 Å². The van der Waals surface area contributed by atoms with Crippen LogP contribution in [0, 0.1) is 16.5 Å². The number of fused-ring (bicyclic) bond motifs is 2. The summed E-state index contributed by atoms with van der Waals surface area (Å²) in [5.74, 6) is 1.02. The fourth-order valence-corrected chi connectivity index (χ4v) is 9.96. The van der Waals surface area contributed by atoms with Gasteiger partial charge in [-0.1, -0.05) is 61.5 Å². The molecule has 3 nitrogen and oxygen atoms in total. The summed E-state index contributed by atoms with van der Waals surface area (Å²) in [7, 11) is 0. The van der Waals surface area contributed by atoms with Gasteiger partial charge in [0.05, 0.1) is 23.8 Å². The number of hydrogen-bond acceptors (Lipinski definition) is 2. The summed E-state index contributed by atoms with van der Waals surface area (Å²) in [6.45, 7) is 3.10. The summed E-state index contributed by atoms with van der Waals surface area (Å²) in [5.41, 5.74) is 3.96. The van der Waals surface area contributed by atoms with Crippen molar-refractivity contribution in [2.45, 2.75) is 94.0 Å². The number of alkyl halides is 1. The van der Waals surface area contributed by atoms with Crippen molar-refractivity contribution in [3.05, 3.63) is 76.5 Å². The summed E-state index contributed by atoms with van der Waals surface area (Å²) < 4.78 is 21.2. The zero-order valence-corrected chi connectivity index (χ0v) is 21.9. The van der Waals surface area contributed by atoms with Crippen LogP contribution in [0.2, 0.25) is 0 Å². The van der Waals surface area contributed by atoms with Gasteiger partial charge in [-0.05, 0) is 83.3 Å². The first-order valence-corrected chi connectivity index (χ1v) is 14.7. The van der Waals surface area contributed by atoms with Gasteiger partial charge in [0.1, 0.15) is 6.54 Å². The molecule has 8 rings (SSSR count). The Morgan fingerprint density at radius 3 is 2.73 bits per heavy atom. The van der Waals surface area contributed by atoms with Crippen molar-refractivity contribution in [3.8, 4) is 0 Å². The molecule has 0 radical (unpaired) electrons. The number of rotatable bonds is 2. The summed E-state index contributed by atoms with van der Waals surface area (Å²) in [4.78, 5) is 0. The van der Waals surface area contributed by atoms with E-state index in [0.717, 1.165) is 38.5 Å². The molecular formula is C33H38FNO2. The van der Waals surface area contributed by atoms with Crippen LogP contribution in [-0.4, -0.2) is 41.2 Å². The molecule has 3 heterocycles. The number of halogens is 1. The van der Waals surface area contributed by atoms with Gasteiger partial charge in [0.15, 0.2) is 6.17 Å². The van der Waals surface area contributed by atoms with Crippen LogP contribution in [0.1, 0.15) is 76.2 Å². The molecule has 8 atom stereocenters. The Hall–Kier alpha value is -2.01. The van der Waals surface area contributed by atoms with Crippen LogP contribution >= 0.6 is 0 Å². The molecule has 6 aliphatic rings. The molecule has 3 aliphatic heterocycles. The number of nitrogens with zero attached hydrogens (tertiary/aromatic N) is 1. The highest BCUT2D eigenvalue weighted by atomic mass is 19.1. The minimum absolute atomic E-state index is 0.0255. The Labute approximate surface area is 219 Å². The molecule has 4 heteroatoms. The van der Waals surface area contributed by atoms with Crippen LogP contribution in [0.5, 0.6) is 0 Å². The van der Waals surface area contributed by atoms with Crippen molar-refractivity contribution < 1.29 is 13.8 Å². The molecule has 194 valence electrons. The lowest BCUT2D eigenvalue weighted by Gasteiger charge is -2.56. The van der Waals surface area contributed by atoms with Crippen molar-refractivity contribution in [2.24, 2.45) is 11.3 Å². The Morgan fingerprint density at radius 2 is 1.89 bits per heavy atom. The second kappa shape index (κ2) is 7.55. The van der Waals surface area contributed by atoms with E-state index in [1.54, 1.807) is 0 Å². The van der Waals surface area contributed by atoms with Gasteiger partial charge in [-0.2, -0.15) is 0 Å². The Bertz CT molecular complexity index is 1350. The standard InChI is InChI=1S/C33H38FNO2/c1-31-14-12-26-19-25-8-9-28(35(36)17-13-27(34)21-35)20-32(25)15-16-33(26,37-32)30(31)11-10-29(31)24-7-6-22-4-2-3-5-23(22)18-24/h2-7,12,18-19,27-30H,8-11,13-17,20-21H2,1H3/t27-,28+,29-,30-,31-,32-,33-,35?/m1/s1. The largest absolute Gasteiger partial charge is 0.633 e. The SMILES string of the molecule is C[C@]12CC=C3C=C4CC[C@H]([N+]5([O-])CC[C@@H](F)C5)C[C@]45CC[C@]3(O5)[C@@H]1CC[C@@H]2c1ccc2ccccc2c1. The highest BCUT2D eigenvalue weighted by Crippen LogP contribution is 2.69. The fourth-order valence-electron chi connectivity index (χ4n) is 9.96. The van der Waals surface area contributed by atoms with E-state index in [9.17, 15) is 9.60 Å². The smallest absolute Gasteiger partial charge is 0.154 e. The fraction of sp³-hybridized carbons (Fsp3) is 0.576. The number of hydroxylamine groups is 3. The van der Waals surface area contributed by atoms with E-state index >= 15 is 0 Å². The van der Waals surface area contributed by atoms with Gasteiger partial charge in [0.25, 0.3) is 0 Å². The van der Waals surface area contributed by atoms with Gasteiger partial charge in [0.2, 0.25) is 0 Å². The number of allylic oxidation sites excluding steroid dienone is 1. The van der Waals surface area contributed by atoms with E-state index < -0.39 is 6.17 Å². The second-order valence-corrected chi connectivity index (χ2v) is 13.5. The molecule has 2 aromatic carbocycles. The number of hydrogen-bond donors (Lipinski definition) is 0. The van der Waals surface area contributed by atoms with Crippen molar-refractivity contribution in [1.82, 2.24) is 0 Å². The van der Waals surface area contributed by atoms with E-state index in [1.165, 1.54) is 40.3 Å². The normalized spacial score (nSPS) is 46.2. The lowest BCUT2D eigenvalue weighted by Crippen LogP contribution is -2.58. The molecular weight excluding hydrogens is 461 g/mol. The highest BCUT2D eigenvalue weighted by molar-refractivity contribution is 5.83. The summed E-state index contributed by atoms with van der Waals surface area (Å²) in [5, 5.41) is 16.3. The van der Waals surface area contributed by atoms with E-state index in [4.69, 9.17) is 4.74 Å². The van der Waals surface area contributed by atoms with Gasteiger partial charge < -0.3 is 14.6 Å². The minimum atomic E-state index is -0.937. The molecule has 1 unspecified atom stereocenters. The average molecular weight is 500 g/mol. The molecule has 2 spiro atoms. The minimum Gasteiger partial charge on any atom is -0.633 e. The zero-order chi connectivity index (χ0) is 25.0. The molecule has 2 aromatic rings. The molecule has 0 N–H and O–H groups in total. The third-order valence-corrected chi connectivity index (χ3v) is 11.8. The number of benzene rings is 2. The Kier molecular flexibility index (Phi) is 4.68.